The first kappa shape index (κ1) is 18.8. The van der Waals surface area contributed by atoms with Crippen molar-refractivity contribution >= 4 is 17.7 Å². The zero-order chi connectivity index (χ0) is 15.5. The second-order valence-electron chi connectivity index (χ2n) is 5.06. The van der Waals surface area contributed by atoms with Gasteiger partial charge in [0.25, 0.3) is 11.8 Å². The molecule has 0 saturated heterocycles. The van der Waals surface area contributed by atoms with Crippen LogP contribution in [-0.2, 0) is 4.84 Å². The van der Waals surface area contributed by atoms with Gasteiger partial charge in [-0.05, 0) is 32.9 Å². The van der Waals surface area contributed by atoms with E-state index in [1.54, 1.807) is 20.8 Å². The van der Waals surface area contributed by atoms with E-state index in [2.05, 4.69) is 0 Å². The Kier molecular flexibility index (Phi) is 6.27. The van der Waals surface area contributed by atoms with Crippen molar-refractivity contribution in [2.75, 3.05) is 0 Å². The normalized spacial score (nSPS) is 12.0. The van der Waals surface area contributed by atoms with Crippen LogP contribution in [-0.4, -0.2) is 22.5 Å². The molecule has 0 fully saturated rings. The lowest BCUT2D eigenvalue weighted by molar-refractivity contribution is -1.06. The molecule has 1 amide bonds. The number of nitro groups is 1. The van der Waals surface area contributed by atoms with Gasteiger partial charge in [-0.1, -0.05) is 5.06 Å². The predicted octanol–water partition coefficient (Wildman–Crippen LogP) is -3.30. The maximum Gasteiger partial charge on any atom is 0.398 e. The van der Waals surface area contributed by atoms with E-state index in [0.717, 1.165) is 12.1 Å². The second-order valence-corrected chi connectivity index (χ2v) is 5.06. The van der Waals surface area contributed by atoms with Crippen molar-refractivity contribution in [3.63, 3.8) is 0 Å². The molecule has 1 aromatic carbocycles. The number of amides is 1. The molecule has 1 aromatic rings. The minimum atomic E-state index is -1.58. The largest absolute Gasteiger partial charge is 1.00 e. The molecule has 0 bridgehead atoms. The fourth-order valence-electron chi connectivity index (χ4n) is 1.37. The number of quaternary nitrogens is 1. The predicted molar refractivity (Wildman–Crippen MR) is 64.6 cm³/mol. The third-order valence-electron chi connectivity index (χ3n) is 2.38. The smallest absolute Gasteiger partial charge is 0.398 e. The zero-order valence-corrected chi connectivity index (χ0v) is 12.3. The number of hydrogen-bond donors (Lipinski definition) is 1. The van der Waals surface area contributed by atoms with Gasteiger partial charge in [0.05, 0.1) is 10.5 Å². The van der Waals surface area contributed by atoms with Crippen molar-refractivity contribution in [3.8, 4) is 0 Å². The summed E-state index contributed by atoms with van der Waals surface area (Å²) in [6.45, 7) is 4.67. The number of nitrogens with zero attached hydrogens (tertiary/aromatic N) is 1. The molecule has 1 rings (SSSR count). The van der Waals surface area contributed by atoms with E-state index in [9.17, 15) is 24.8 Å². The van der Waals surface area contributed by atoms with E-state index in [1.165, 1.54) is 12.1 Å². The van der Waals surface area contributed by atoms with Crippen molar-refractivity contribution in [1.29, 1.82) is 0 Å². The number of benzene rings is 1. The van der Waals surface area contributed by atoms with E-state index in [1.807, 2.05) is 0 Å². The van der Waals surface area contributed by atoms with Crippen molar-refractivity contribution in [2.24, 2.45) is 0 Å². The van der Waals surface area contributed by atoms with Crippen LogP contribution in [0.1, 0.15) is 31.1 Å². The van der Waals surface area contributed by atoms with E-state index in [-0.39, 0.29) is 23.7 Å². The van der Waals surface area contributed by atoms with E-state index in [4.69, 9.17) is 4.84 Å². The number of carboxylic acid groups (broad SMARTS) is 1. The Hall–Kier alpha value is -2.19. The summed E-state index contributed by atoms with van der Waals surface area (Å²) in [5.74, 6) is -0.908. The lowest BCUT2D eigenvalue weighted by Crippen LogP contribution is -3.22. The summed E-state index contributed by atoms with van der Waals surface area (Å²) in [5.41, 5.74) is -1.07. The fourth-order valence-corrected chi connectivity index (χ4v) is 1.37. The van der Waals surface area contributed by atoms with Gasteiger partial charge in [-0.3, -0.25) is 15.0 Å². The number of nitrogens with one attached hydrogen (secondary N) is 1. The fraction of sp³-hybridized carbons (Fsp3) is 0.333. The highest BCUT2D eigenvalue weighted by atomic mass is 35.5. The van der Waals surface area contributed by atoms with Crippen LogP contribution < -0.4 is 22.6 Å². The Morgan fingerprint density at radius 1 is 1.19 bits per heavy atom. The number of rotatable bonds is 2. The van der Waals surface area contributed by atoms with E-state index < -0.39 is 27.6 Å². The molecule has 0 aliphatic carbocycles. The van der Waals surface area contributed by atoms with Gasteiger partial charge >= 0.3 is 5.97 Å². The molecule has 1 N–H and O–H groups in total. The molecule has 1 atom stereocenters. The summed E-state index contributed by atoms with van der Waals surface area (Å²) in [7, 11) is 0. The zero-order valence-electron chi connectivity index (χ0n) is 11.6. The number of carbonyl (C=O) groups excluding carboxylic acids is 2. The summed E-state index contributed by atoms with van der Waals surface area (Å²) >= 11 is 0. The Balaban J connectivity index is 0.00000400. The molecule has 0 aliphatic rings. The average molecular weight is 318 g/mol. The monoisotopic (exact) mass is 317 g/mol. The lowest BCUT2D eigenvalue weighted by Gasteiger charge is -2.27. The van der Waals surface area contributed by atoms with Crippen molar-refractivity contribution in [2.45, 2.75) is 26.3 Å². The minimum absolute atomic E-state index is 0. The van der Waals surface area contributed by atoms with Gasteiger partial charge in [0.15, 0.2) is 0 Å². The summed E-state index contributed by atoms with van der Waals surface area (Å²) in [6.07, 6.45) is -1.58. The molecule has 116 valence electrons. The first-order valence-corrected chi connectivity index (χ1v) is 5.68. The summed E-state index contributed by atoms with van der Waals surface area (Å²) in [5, 5.41) is 20.9. The van der Waals surface area contributed by atoms with Crippen LogP contribution in [0.15, 0.2) is 24.3 Å². The maximum absolute atomic E-state index is 11.8. The van der Waals surface area contributed by atoms with Crippen LogP contribution in [0.2, 0.25) is 0 Å². The molecule has 21 heavy (non-hydrogen) atoms. The first-order valence-electron chi connectivity index (χ1n) is 5.68. The van der Waals surface area contributed by atoms with Crippen molar-refractivity contribution < 1.29 is 41.9 Å². The quantitative estimate of drug-likeness (QED) is 0.451. The molecule has 0 saturated carbocycles. The van der Waals surface area contributed by atoms with Gasteiger partial charge in [0.1, 0.15) is 5.54 Å². The first-order chi connectivity index (χ1) is 9.12. The number of hydrogen-bond acceptors (Lipinski definition) is 6. The minimum Gasteiger partial charge on any atom is -1.00 e. The molecule has 0 radical (unpaired) electrons. The Labute approximate surface area is 126 Å². The third kappa shape index (κ3) is 5.01. The molecule has 9 heteroatoms. The van der Waals surface area contributed by atoms with Crippen LogP contribution in [0.25, 0.3) is 0 Å². The maximum atomic E-state index is 11.8. The van der Waals surface area contributed by atoms with Crippen molar-refractivity contribution in [3.05, 3.63) is 39.9 Å². The Morgan fingerprint density at radius 3 is 2.00 bits per heavy atom. The standard InChI is InChI=1S/C12H14N2O6.ClH/c1-12(2,3)13(11(16)17)20-10(15)8-4-6-9(7-5-8)14(18)19;/h4-7H,1-3H3,(H,16,17);1H/p-1. The van der Waals surface area contributed by atoms with Crippen LogP contribution >= 0.6 is 0 Å². The molecular weight excluding hydrogens is 304 g/mol. The summed E-state index contributed by atoms with van der Waals surface area (Å²) in [6, 6.07) is 4.64. The topological polar surface area (TPSA) is 114 Å². The number of hydroxylamine groups is 2. The molecule has 1 unspecified atom stereocenters. The molecule has 0 aromatic heterocycles. The highest BCUT2D eigenvalue weighted by molar-refractivity contribution is 5.89. The van der Waals surface area contributed by atoms with Crippen LogP contribution in [0.5, 0.6) is 0 Å². The number of carbonyl (C=O) groups is 2. The van der Waals surface area contributed by atoms with E-state index >= 15 is 0 Å². The number of non-ortho nitro benzene ring substituents is 1. The second kappa shape index (κ2) is 7.00. The Bertz CT molecular complexity index is 538. The SMILES string of the molecule is CC(C)(C)[NH+](OC(=O)c1ccc([N+](=O)[O-])cc1)C(=O)[O-].[Cl-]. The summed E-state index contributed by atoms with van der Waals surface area (Å²) < 4.78 is 0. The van der Waals surface area contributed by atoms with Crippen LogP contribution in [0.4, 0.5) is 10.5 Å². The lowest BCUT2D eigenvalue weighted by atomic mass is 10.1. The van der Waals surface area contributed by atoms with E-state index in [0.29, 0.717) is 0 Å². The van der Waals surface area contributed by atoms with Crippen LogP contribution in [0.3, 0.4) is 0 Å². The molecule has 0 aliphatic heterocycles. The van der Waals surface area contributed by atoms with Crippen molar-refractivity contribution in [1.82, 2.24) is 0 Å². The van der Waals surface area contributed by atoms with Crippen LogP contribution in [0, 0.1) is 10.1 Å². The van der Waals surface area contributed by atoms with Gasteiger partial charge in [-0.25, -0.2) is 4.79 Å². The van der Waals surface area contributed by atoms with Gasteiger partial charge in [-0.2, -0.15) is 0 Å². The molecule has 0 heterocycles. The summed E-state index contributed by atoms with van der Waals surface area (Å²) in [4.78, 5) is 37.4. The number of halogens is 1. The molecule has 8 nitrogen and oxygen atoms in total. The third-order valence-corrected chi connectivity index (χ3v) is 2.38. The average Bonchev–Trinajstić information content (AvgIpc) is 2.33. The number of nitro benzene ring substituents is 1. The highest BCUT2D eigenvalue weighted by Crippen LogP contribution is 2.12. The van der Waals surface area contributed by atoms with Gasteiger partial charge in [0, 0.05) is 12.1 Å². The Morgan fingerprint density at radius 2 is 1.67 bits per heavy atom. The molecular formula is C12H14ClN2O6-. The van der Waals surface area contributed by atoms with Gasteiger partial charge < -0.3 is 22.3 Å². The van der Waals surface area contributed by atoms with Gasteiger partial charge in [-0.15, -0.1) is 0 Å². The highest BCUT2D eigenvalue weighted by Gasteiger charge is 2.32. The molecule has 0 spiro atoms. The van der Waals surface area contributed by atoms with Gasteiger partial charge in [0.2, 0.25) is 0 Å².